The highest BCUT2D eigenvalue weighted by Crippen LogP contribution is 2.28. The van der Waals surface area contributed by atoms with Crippen LogP contribution < -0.4 is 9.47 Å². The lowest BCUT2D eigenvalue weighted by Gasteiger charge is -2.39. The molecule has 0 radical (unpaired) electrons. The molecule has 6 nitrogen and oxygen atoms in total. The van der Waals surface area contributed by atoms with Crippen LogP contribution in [0.3, 0.4) is 0 Å². The summed E-state index contributed by atoms with van der Waals surface area (Å²) in [5.41, 5.74) is 4.42. The number of benzene rings is 2. The third-order valence-electron chi connectivity index (χ3n) is 6.53. The van der Waals surface area contributed by atoms with Crippen molar-refractivity contribution in [3.8, 4) is 11.5 Å². The molecule has 1 aliphatic rings. The molecule has 0 saturated carbocycles. The van der Waals surface area contributed by atoms with Crippen molar-refractivity contribution in [3.63, 3.8) is 0 Å². The Kier molecular flexibility index (Phi) is 8.05. The standard InChI is InChI=1S/C28H36ClN3O3/c1-20-13-26(14-21(2)27(20)29)35-19-28(33)9-6-10-31(18-28)17-24-7-5-8-25(16-24)34-12-11-32-23(4)15-22(3)30-32/h5,7-8,13-16,33H,6,9-12,17-19H2,1-4H3/t28-/m1/s1. The van der Waals surface area contributed by atoms with Gasteiger partial charge in [0.05, 0.1) is 12.2 Å². The van der Waals surface area contributed by atoms with Gasteiger partial charge in [0.1, 0.15) is 30.3 Å². The molecular weight excluding hydrogens is 462 g/mol. The first-order valence-corrected chi connectivity index (χ1v) is 12.7. The lowest BCUT2D eigenvalue weighted by molar-refractivity contribution is -0.0621. The first kappa shape index (κ1) is 25.5. The minimum atomic E-state index is -0.881. The summed E-state index contributed by atoms with van der Waals surface area (Å²) in [4.78, 5) is 2.29. The van der Waals surface area contributed by atoms with Gasteiger partial charge >= 0.3 is 0 Å². The van der Waals surface area contributed by atoms with Gasteiger partial charge in [-0.25, -0.2) is 0 Å². The van der Waals surface area contributed by atoms with Gasteiger partial charge < -0.3 is 14.6 Å². The summed E-state index contributed by atoms with van der Waals surface area (Å²) in [6, 6.07) is 14.1. The van der Waals surface area contributed by atoms with Crippen molar-refractivity contribution in [2.75, 3.05) is 26.3 Å². The monoisotopic (exact) mass is 497 g/mol. The molecule has 3 aromatic rings. The Morgan fingerprint density at radius 2 is 1.80 bits per heavy atom. The second-order valence-electron chi connectivity index (χ2n) is 9.84. The smallest absolute Gasteiger partial charge is 0.120 e. The Balaban J connectivity index is 1.30. The zero-order chi connectivity index (χ0) is 25.0. The predicted octanol–water partition coefficient (Wildman–Crippen LogP) is 5.26. The number of hydrogen-bond donors (Lipinski definition) is 1. The van der Waals surface area contributed by atoms with Crippen molar-refractivity contribution in [2.24, 2.45) is 0 Å². The Labute approximate surface area is 213 Å². The van der Waals surface area contributed by atoms with Crippen LogP contribution in [0, 0.1) is 27.7 Å². The summed E-state index contributed by atoms with van der Waals surface area (Å²) in [7, 11) is 0. The average Bonchev–Trinajstić information content (AvgIpc) is 3.13. The molecule has 0 spiro atoms. The lowest BCUT2D eigenvalue weighted by Crippen LogP contribution is -2.51. The van der Waals surface area contributed by atoms with Gasteiger partial charge in [-0.1, -0.05) is 23.7 Å². The quantitative estimate of drug-likeness (QED) is 0.437. The zero-order valence-electron chi connectivity index (χ0n) is 21.2. The molecule has 1 saturated heterocycles. The highest BCUT2D eigenvalue weighted by molar-refractivity contribution is 6.32. The number of piperidine rings is 1. The van der Waals surface area contributed by atoms with Crippen molar-refractivity contribution in [3.05, 3.63) is 75.6 Å². The summed E-state index contributed by atoms with van der Waals surface area (Å²) in [5.74, 6) is 1.60. The molecule has 0 unspecified atom stereocenters. The number of rotatable bonds is 9. The van der Waals surface area contributed by atoms with Crippen LogP contribution in [-0.4, -0.2) is 51.7 Å². The van der Waals surface area contributed by atoms with E-state index in [0.29, 0.717) is 13.2 Å². The van der Waals surface area contributed by atoms with Gasteiger partial charge in [0, 0.05) is 23.8 Å². The largest absolute Gasteiger partial charge is 0.492 e. The summed E-state index contributed by atoms with van der Waals surface area (Å²) in [6.45, 7) is 11.8. The molecule has 7 heteroatoms. The van der Waals surface area contributed by atoms with Gasteiger partial charge in [-0.15, -0.1) is 0 Å². The average molecular weight is 498 g/mol. The summed E-state index contributed by atoms with van der Waals surface area (Å²) in [5, 5.41) is 16.5. The van der Waals surface area contributed by atoms with Gasteiger partial charge in [0.15, 0.2) is 0 Å². The maximum atomic E-state index is 11.3. The van der Waals surface area contributed by atoms with E-state index in [9.17, 15) is 5.11 Å². The summed E-state index contributed by atoms with van der Waals surface area (Å²) >= 11 is 6.27. The topological polar surface area (TPSA) is 59.8 Å². The number of ether oxygens (including phenoxy) is 2. The number of hydrogen-bond acceptors (Lipinski definition) is 5. The van der Waals surface area contributed by atoms with E-state index >= 15 is 0 Å². The van der Waals surface area contributed by atoms with E-state index in [1.165, 1.54) is 5.56 Å². The van der Waals surface area contributed by atoms with Gasteiger partial charge in [-0.3, -0.25) is 9.58 Å². The molecule has 0 aliphatic carbocycles. The van der Waals surface area contributed by atoms with Gasteiger partial charge in [0.25, 0.3) is 0 Å². The van der Waals surface area contributed by atoms with Crippen molar-refractivity contribution < 1.29 is 14.6 Å². The van der Waals surface area contributed by atoms with Crippen molar-refractivity contribution >= 4 is 11.6 Å². The highest BCUT2D eigenvalue weighted by Gasteiger charge is 2.34. The molecule has 1 fully saturated rings. The van der Waals surface area contributed by atoms with E-state index in [1.807, 2.05) is 49.7 Å². The fourth-order valence-electron chi connectivity index (χ4n) is 4.81. The van der Waals surface area contributed by atoms with E-state index < -0.39 is 5.60 Å². The fourth-order valence-corrected chi connectivity index (χ4v) is 4.92. The third-order valence-corrected chi connectivity index (χ3v) is 7.13. The Hall–Kier alpha value is -2.54. The Bertz CT molecular complexity index is 1140. The second-order valence-corrected chi connectivity index (χ2v) is 10.2. The van der Waals surface area contributed by atoms with Crippen molar-refractivity contribution in [2.45, 2.75) is 59.2 Å². The molecule has 35 heavy (non-hydrogen) atoms. The Morgan fingerprint density at radius 3 is 2.51 bits per heavy atom. The molecule has 1 aromatic heterocycles. The van der Waals surface area contributed by atoms with Gasteiger partial charge in [-0.05, 0) is 94.1 Å². The van der Waals surface area contributed by atoms with E-state index in [2.05, 4.69) is 35.1 Å². The van der Waals surface area contributed by atoms with E-state index in [0.717, 1.165) is 71.5 Å². The first-order valence-electron chi connectivity index (χ1n) is 12.3. The molecule has 188 valence electrons. The van der Waals surface area contributed by atoms with Crippen LogP contribution in [0.15, 0.2) is 42.5 Å². The molecule has 1 N–H and O–H groups in total. The number of nitrogens with zero attached hydrogens (tertiary/aromatic N) is 3. The molecule has 4 rings (SSSR count). The van der Waals surface area contributed by atoms with E-state index in [-0.39, 0.29) is 6.61 Å². The fraction of sp³-hybridized carbons (Fsp3) is 0.464. The predicted molar refractivity (Wildman–Crippen MR) is 140 cm³/mol. The summed E-state index contributed by atoms with van der Waals surface area (Å²) in [6.07, 6.45) is 1.65. The molecule has 2 aromatic carbocycles. The first-order chi connectivity index (χ1) is 16.7. The number of aliphatic hydroxyl groups is 1. The minimum absolute atomic E-state index is 0.263. The minimum Gasteiger partial charge on any atom is -0.492 e. The maximum Gasteiger partial charge on any atom is 0.120 e. The number of likely N-dealkylation sites (tertiary alicyclic amines) is 1. The highest BCUT2D eigenvalue weighted by atomic mass is 35.5. The number of aromatic nitrogens is 2. The number of halogens is 1. The van der Waals surface area contributed by atoms with Crippen LogP contribution in [0.25, 0.3) is 0 Å². The van der Waals surface area contributed by atoms with Crippen LogP contribution in [0.5, 0.6) is 11.5 Å². The molecule has 0 bridgehead atoms. The van der Waals surface area contributed by atoms with Crippen molar-refractivity contribution in [1.82, 2.24) is 14.7 Å². The van der Waals surface area contributed by atoms with Gasteiger partial charge in [0.2, 0.25) is 0 Å². The summed E-state index contributed by atoms with van der Waals surface area (Å²) < 4.78 is 14.0. The van der Waals surface area contributed by atoms with E-state index in [4.69, 9.17) is 21.1 Å². The number of aryl methyl sites for hydroxylation is 4. The lowest BCUT2D eigenvalue weighted by atomic mass is 9.93. The van der Waals surface area contributed by atoms with Crippen LogP contribution in [0.1, 0.15) is 40.9 Å². The normalized spacial score (nSPS) is 18.6. The second kappa shape index (κ2) is 11.0. The van der Waals surface area contributed by atoms with E-state index in [1.54, 1.807) is 0 Å². The molecular formula is C28H36ClN3O3. The van der Waals surface area contributed by atoms with Crippen LogP contribution >= 0.6 is 11.6 Å². The zero-order valence-corrected chi connectivity index (χ0v) is 21.9. The molecule has 2 heterocycles. The third kappa shape index (κ3) is 6.78. The molecule has 0 amide bonds. The molecule has 1 aliphatic heterocycles. The molecule has 1 atom stereocenters. The maximum absolute atomic E-state index is 11.3. The van der Waals surface area contributed by atoms with Crippen LogP contribution in [-0.2, 0) is 13.1 Å². The Morgan fingerprint density at radius 1 is 1.03 bits per heavy atom. The number of β-amino-alcohol motifs (C(OH)–C–C–N with tert-alkyl or cyclic N) is 1. The SMILES string of the molecule is Cc1cc(C)n(CCOc2cccc(CN3CCC[C@](O)(COc4cc(C)c(Cl)c(C)c4)C3)c2)n1. The van der Waals surface area contributed by atoms with Crippen molar-refractivity contribution in [1.29, 1.82) is 0 Å². The van der Waals surface area contributed by atoms with Crippen LogP contribution in [0.4, 0.5) is 0 Å². The van der Waals surface area contributed by atoms with Crippen LogP contribution in [0.2, 0.25) is 5.02 Å². The van der Waals surface area contributed by atoms with Gasteiger partial charge in [-0.2, -0.15) is 5.10 Å².